The van der Waals surface area contributed by atoms with Crippen LogP contribution in [0.3, 0.4) is 0 Å². The van der Waals surface area contributed by atoms with Gasteiger partial charge in [0.05, 0.1) is 6.20 Å². The molecule has 0 saturated heterocycles. The van der Waals surface area contributed by atoms with Crippen LogP contribution >= 0.6 is 0 Å². The summed E-state index contributed by atoms with van der Waals surface area (Å²) < 4.78 is 1.31. The van der Waals surface area contributed by atoms with Crippen molar-refractivity contribution in [1.82, 2.24) is 19.8 Å². The van der Waals surface area contributed by atoms with Gasteiger partial charge in [-0.3, -0.25) is 9.59 Å². The molecule has 3 rings (SSSR count). The lowest BCUT2D eigenvalue weighted by Gasteiger charge is -2.07. The molecule has 1 aromatic carbocycles. The minimum absolute atomic E-state index is 0.00321. The minimum Gasteiger partial charge on any atom is -0.323 e. The highest BCUT2D eigenvalue weighted by Crippen LogP contribution is 2.16. The topological polar surface area (TPSA) is 92.2 Å². The molecule has 0 saturated carbocycles. The van der Waals surface area contributed by atoms with Gasteiger partial charge in [-0.25, -0.2) is 4.52 Å². The van der Waals surface area contributed by atoms with Crippen LogP contribution in [0.1, 0.15) is 34.2 Å². The van der Waals surface area contributed by atoms with E-state index in [4.69, 9.17) is 0 Å². The summed E-state index contributed by atoms with van der Waals surface area (Å²) in [7, 11) is 0. The number of carbonyl (C=O) groups excluding carboxylic acids is 1. The van der Waals surface area contributed by atoms with Crippen molar-refractivity contribution >= 4 is 17.1 Å². The molecule has 0 aliphatic heterocycles. The second kappa shape index (κ2) is 5.68. The fraction of sp³-hybridized carbons (Fsp3) is 0.250. The van der Waals surface area contributed by atoms with Gasteiger partial charge in [-0.2, -0.15) is 0 Å². The number of fused-ring (bicyclic) bond motifs is 1. The average molecular weight is 311 g/mol. The Labute approximate surface area is 132 Å². The SMILES string of the molecule is CCc1ccc(NC(=O)c2nnn3cc(C)[nH]c(=O)c23)cc1C. The van der Waals surface area contributed by atoms with Crippen molar-refractivity contribution in [2.24, 2.45) is 0 Å². The number of carbonyl (C=O) groups is 1. The molecule has 0 aliphatic carbocycles. The third kappa shape index (κ3) is 2.73. The summed E-state index contributed by atoms with van der Waals surface area (Å²) in [5, 5.41) is 10.4. The van der Waals surface area contributed by atoms with Crippen molar-refractivity contribution in [1.29, 1.82) is 0 Å². The molecule has 0 aliphatic rings. The third-order valence-electron chi connectivity index (χ3n) is 3.73. The number of aromatic amines is 1. The summed E-state index contributed by atoms with van der Waals surface area (Å²) in [4.78, 5) is 27.1. The number of aryl methyl sites for hydroxylation is 3. The lowest BCUT2D eigenvalue weighted by atomic mass is 10.1. The highest BCUT2D eigenvalue weighted by molar-refractivity contribution is 6.07. The first-order valence-electron chi connectivity index (χ1n) is 7.35. The van der Waals surface area contributed by atoms with Crippen molar-refractivity contribution in [2.75, 3.05) is 5.32 Å². The van der Waals surface area contributed by atoms with Crippen LogP contribution in [-0.2, 0) is 6.42 Å². The number of hydrogen-bond donors (Lipinski definition) is 2. The van der Waals surface area contributed by atoms with Gasteiger partial charge in [0, 0.05) is 11.4 Å². The first-order valence-corrected chi connectivity index (χ1v) is 7.35. The Morgan fingerprint density at radius 1 is 1.35 bits per heavy atom. The predicted octanol–water partition coefficient (Wildman–Crippen LogP) is 1.85. The number of nitrogens with zero attached hydrogens (tertiary/aromatic N) is 3. The molecule has 0 atom stereocenters. The van der Waals surface area contributed by atoms with E-state index in [0.29, 0.717) is 11.4 Å². The third-order valence-corrected chi connectivity index (χ3v) is 3.73. The summed E-state index contributed by atoms with van der Waals surface area (Å²) in [5.74, 6) is -0.460. The number of H-pyrrole nitrogens is 1. The minimum atomic E-state index is -0.460. The van der Waals surface area contributed by atoms with Gasteiger partial charge in [0.2, 0.25) is 0 Å². The van der Waals surface area contributed by atoms with Crippen LogP contribution in [0.2, 0.25) is 0 Å². The maximum absolute atomic E-state index is 12.4. The molecule has 0 radical (unpaired) electrons. The molecule has 0 fully saturated rings. The van der Waals surface area contributed by atoms with Crippen molar-refractivity contribution in [3.8, 4) is 0 Å². The van der Waals surface area contributed by atoms with Gasteiger partial charge < -0.3 is 10.3 Å². The van der Waals surface area contributed by atoms with E-state index in [1.807, 2.05) is 25.1 Å². The number of aromatic nitrogens is 4. The number of benzene rings is 1. The number of anilines is 1. The summed E-state index contributed by atoms with van der Waals surface area (Å²) in [6.45, 7) is 5.81. The monoisotopic (exact) mass is 311 g/mol. The molecule has 7 nitrogen and oxygen atoms in total. The Hall–Kier alpha value is -2.96. The summed E-state index contributed by atoms with van der Waals surface area (Å²) in [6, 6.07) is 5.71. The Bertz CT molecular complexity index is 955. The van der Waals surface area contributed by atoms with Crippen LogP contribution in [0.5, 0.6) is 0 Å². The zero-order chi connectivity index (χ0) is 16.6. The number of amides is 1. The van der Waals surface area contributed by atoms with E-state index >= 15 is 0 Å². The number of rotatable bonds is 3. The number of hydrogen-bond acceptors (Lipinski definition) is 4. The summed E-state index contributed by atoms with van der Waals surface area (Å²) in [5.41, 5.74) is 3.38. The standard InChI is InChI=1S/C16H17N5O2/c1-4-11-5-6-12(7-9(11)2)18-15(22)13-14-16(23)17-10(3)8-21(14)20-19-13/h5-8H,4H2,1-3H3,(H,17,23)(H,18,22). The van der Waals surface area contributed by atoms with Crippen molar-refractivity contribution in [3.63, 3.8) is 0 Å². The van der Waals surface area contributed by atoms with E-state index in [1.54, 1.807) is 13.1 Å². The van der Waals surface area contributed by atoms with Crippen LogP contribution in [0.15, 0.2) is 29.2 Å². The molecule has 0 spiro atoms. The van der Waals surface area contributed by atoms with Crippen LogP contribution in [0.25, 0.3) is 5.52 Å². The van der Waals surface area contributed by atoms with Gasteiger partial charge in [-0.05, 0) is 43.5 Å². The van der Waals surface area contributed by atoms with Gasteiger partial charge in [-0.1, -0.05) is 18.2 Å². The first kappa shape index (κ1) is 15.0. The second-order valence-corrected chi connectivity index (χ2v) is 5.45. The van der Waals surface area contributed by atoms with E-state index in [2.05, 4.69) is 27.5 Å². The van der Waals surface area contributed by atoms with E-state index < -0.39 is 11.5 Å². The molecule has 0 unspecified atom stereocenters. The molecule has 3 aromatic rings. The fourth-order valence-corrected chi connectivity index (χ4v) is 2.56. The smallest absolute Gasteiger partial charge is 0.278 e. The van der Waals surface area contributed by atoms with Crippen LogP contribution < -0.4 is 10.9 Å². The maximum atomic E-state index is 12.4. The first-order chi connectivity index (χ1) is 11.0. The van der Waals surface area contributed by atoms with Crippen molar-refractivity contribution < 1.29 is 4.79 Å². The molecular weight excluding hydrogens is 294 g/mol. The van der Waals surface area contributed by atoms with Gasteiger partial charge in [0.15, 0.2) is 11.2 Å². The Morgan fingerprint density at radius 3 is 2.83 bits per heavy atom. The largest absolute Gasteiger partial charge is 0.323 e. The molecule has 23 heavy (non-hydrogen) atoms. The molecule has 0 bridgehead atoms. The predicted molar refractivity (Wildman–Crippen MR) is 86.9 cm³/mol. The van der Waals surface area contributed by atoms with Crippen LogP contribution in [-0.4, -0.2) is 25.7 Å². The average Bonchev–Trinajstić information content (AvgIpc) is 2.91. The van der Waals surface area contributed by atoms with Crippen molar-refractivity contribution in [3.05, 3.63) is 57.3 Å². The summed E-state index contributed by atoms with van der Waals surface area (Å²) in [6.07, 6.45) is 2.55. The Morgan fingerprint density at radius 2 is 2.13 bits per heavy atom. The second-order valence-electron chi connectivity index (χ2n) is 5.45. The van der Waals surface area contributed by atoms with Gasteiger partial charge in [0.1, 0.15) is 0 Å². The van der Waals surface area contributed by atoms with Gasteiger partial charge in [-0.15, -0.1) is 5.10 Å². The van der Waals surface area contributed by atoms with Gasteiger partial charge in [0.25, 0.3) is 11.5 Å². The quantitative estimate of drug-likeness (QED) is 0.772. The normalized spacial score (nSPS) is 10.9. The molecule has 1 amide bonds. The lowest BCUT2D eigenvalue weighted by Crippen LogP contribution is -2.18. The van der Waals surface area contributed by atoms with Crippen LogP contribution in [0, 0.1) is 13.8 Å². The molecular formula is C16H17N5O2. The molecule has 2 N–H and O–H groups in total. The molecule has 2 heterocycles. The zero-order valence-electron chi connectivity index (χ0n) is 13.2. The van der Waals surface area contributed by atoms with Crippen LogP contribution in [0.4, 0.5) is 5.69 Å². The fourth-order valence-electron chi connectivity index (χ4n) is 2.56. The molecule has 2 aromatic heterocycles. The number of nitrogens with one attached hydrogen (secondary N) is 2. The van der Waals surface area contributed by atoms with E-state index in [1.165, 1.54) is 10.1 Å². The summed E-state index contributed by atoms with van der Waals surface area (Å²) >= 11 is 0. The van der Waals surface area contributed by atoms with Gasteiger partial charge >= 0.3 is 0 Å². The highest BCUT2D eigenvalue weighted by Gasteiger charge is 2.18. The Kier molecular flexibility index (Phi) is 3.69. The van der Waals surface area contributed by atoms with Crippen molar-refractivity contribution in [2.45, 2.75) is 27.2 Å². The molecule has 118 valence electrons. The Balaban J connectivity index is 1.95. The zero-order valence-corrected chi connectivity index (χ0v) is 13.2. The van der Waals surface area contributed by atoms with E-state index in [-0.39, 0.29) is 11.2 Å². The lowest BCUT2D eigenvalue weighted by molar-refractivity contribution is 0.102. The highest BCUT2D eigenvalue weighted by atomic mass is 16.2. The maximum Gasteiger partial charge on any atom is 0.278 e. The van der Waals surface area contributed by atoms with E-state index in [9.17, 15) is 9.59 Å². The van der Waals surface area contributed by atoms with E-state index in [0.717, 1.165) is 12.0 Å². The molecule has 7 heteroatoms.